The Hall–Kier alpha value is -1.84. The number of benzene rings is 1. The number of pyridine rings is 1. The van der Waals surface area contributed by atoms with Crippen LogP contribution in [-0.4, -0.2) is 36.7 Å². The van der Waals surface area contributed by atoms with E-state index in [1.807, 2.05) is 0 Å². The van der Waals surface area contributed by atoms with Crippen molar-refractivity contribution in [2.45, 2.75) is 18.7 Å². The third-order valence-corrected chi connectivity index (χ3v) is 6.02. The van der Waals surface area contributed by atoms with Gasteiger partial charge in [0.2, 0.25) is 10.0 Å². The monoisotopic (exact) mass is 429 g/mol. The van der Waals surface area contributed by atoms with Gasteiger partial charge in [-0.25, -0.2) is 17.8 Å². The number of anilines is 1. The van der Waals surface area contributed by atoms with Gasteiger partial charge in [0.25, 0.3) is 5.91 Å². The van der Waals surface area contributed by atoms with Crippen LogP contribution < -0.4 is 5.32 Å². The topological polar surface area (TPSA) is 79.4 Å². The summed E-state index contributed by atoms with van der Waals surface area (Å²) in [5.41, 5.74) is 0.0249. The van der Waals surface area contributed by atoms with Crippen molar-refractivity contribution in [2.75, 3.05) is 18.4 Å². The van der Waals surface area contributed by atoms with Gasteiger partial charge in [0.15, 0.2) is 0 Å². The Morgan fingerprint density at radius 3 is 2.48 bits per heavy atom. The Labute approximate surface area is 154 Å². The fourth-order valence-electron chi connectivity index (χ4n) is 2.18. The van der Waals surface area contributed by atoms with Crippen molar-refractivity contribution in [2.24, 2.45) is 0 Å². The zero-order chi connectivity index (χ0) is 18.6. The number of nitrogens with one attached hydrogen (secondary N) is 1. The number of amides is 1. The zero-order valence-electron chi connectivity index (χ0n) is 13.7. The third kappa shape index (κ3) is 4.42. The number of carbonyl (C=O) groups excluding carboxylic acids is 1. The lowest BCUT2D eigenvalue weighted by Gasteiger charge is -2.19. The van der Waals surface area contributed by atoms with Crippen molar-refractivity contribution < 1.29 is 17.6 Å². The number of carbonyl (C=O) groups is 1. The Morgan fingerprint density at radius 2 is 1.92 bits per heavy atom. The molecule has 1 heterocycles. The molecule has 0 aliphatic heterocycles. The summed E-state index contributed by atoms with van der Waals surface area (Å²) in [5, 5.41) is 2.54. The van der Waals surface area contributed by atoms with Gasteiger partial charge in [-0.1, -0.05) is 13.8 Å². The van der Waals surface area contributed by atoms with Crippen LogP contribution >= 0.6 is 15.9 Å². The standard InChI is InChI=1S/C16H17BrFN3O3S/c1-3-21(4-2)25(23,24)14-9-11(5-7-13(14)18)16(22)20-15-8-6-12(17)10-19-15/h5-10H,3-4H2,1-2H3,(H,19,20,22). The Morgan fingerprint density at radius 1 is 1.24 bits per heavy atom. The number of nitrogens with zero attached hydrogens (tertiary/aromatic N) is 2. The summed E-state index contributed by atoms with van der Waals surface area (Å²) in [7, 11) is -4.01. The maximum absolute atomic E-state index is 14.1. The molecule has 0 fully saturated rings. The number of aromatic nitrogens is 1. The SMILES string of the molecule is CCN(CC)S(=O)(=O)c1cc(C(=O)Nc2ccc(Br)cn2)ccc1F. The van der Waals surface area contributed by atoms with E-state index < -0.39 is 26.6 Å². The van der Waals surface area contributed by atoms with Crippen LogP contribution in [0.1, 0.15) is 24.2 Å². The summed E-state index contributed by atoms with van der Waals surface area (Å²) in [4.78, 5) is 15.8. The second-order valence-electron chi connectivity index (χ2n) is 5.05. The van der Waals surface area contributed by atoms with Crippen LogP contribution in [0.3, 0.4) is 0 Å². The van der Waals surface area contributed by atoms with Crippen molar-refractivity contribution in [3.8, 4) is 0 Å². The summed E-state index contributed by atoms with van der Waals surface area (Å²) in [6.45, 7) is 3.73. The number of sulfonamides is 1. The van der Waals surface area contributed by atoms with Crippen LogP contribution in [0.15, 0.2) is 45.9 Å². The van der Waals surface area contributed by atoms with Crippen molar-refractivity contribution >= 4 is 37.7 Å². The lowest BCUT2D eigenvalue weighted by molar-refractivity contribution is 0.102. The van der Waals surface area contributed by atoms with E-state index in [1.165, 1.54) is 12.3 Å². The molecule has 2 rings (SSSR count). The quantitative estimate of drug-likeness (QED) is 0.763. The molecule has 0 aliphatic carbocycles. The summed E-state index contributed by atoms with van der Waals surface area (Å²) >= 11 is 3.23. The molecule has 0 atom stereocenters. The largest absolute Gasteiger partial charge is 0.307 e. The Kier molecular flexibility index (Phi) is 6.26. The molecule has 1 aromatic carbocycles. The highest BCUT2D eigenvalue weighted by Crippen LogP contribution is 2.21. The van der Waals surface area contributed by atoms with Gasteiger partial charge in [0, 0.05) is 29.3 Å². The highest BCUT2D eigenvalue weighted by atomic mass is 79.9. The van der Waals surface area contributed by atoms with Gasteiger partial charge in [-0.2, -0.15) is 4.31 Å². The first-order chi connectivity index (χ1) is 11.8. The summed E-state index contributed by atoms with van der Waals surface area (Å²) in [5.74, 6) is -1.18. The molecule has 1 N–H and O–H groups in total. The van der Waals surface area contributed by atoms with E-state index in [0.29, 0.717) is 5.82 Å². The summed E-state index contributed by atoms with van der Waals surface area (Å²) in [6.07, 6.45) is 1.51. The van der Waals surface area contributed by atoms with Gasteiger partial charge in [-0.05, 0) is 46.3 Å². The van der Waals surface area contributed by atoms with Crippen LogP contribution in [0.2, 0.25) is 0 Å². The second kappa shape index (κ2) is 8.03. The minimum absolute atomic E-state index is 0.0249. The first-order valence-corrected chi connectivity index (χ1v) is 9.75. The van der Waals surface area contributed by atoms with Gasteiger partial charge < -0.3 is 5.32 Å². The molecule has 0 unspecified atom stereocenters. The lowest BCUT2D eigenvalue weighted by atomic mass is 10.2. The minimum Gasteiger partial charge on any atom is -0.307 e. The van der Waals surface area contributed by atoms with Crippen molar-refractivity contribution in [3.05, 3.63) is 52.4 Å². The molecular formula is C16H17BrFN3O3S. The fraction of sp³-hybridized carbons (Fsp3) is 0.250. The van der Waals surface area contributed by atoms with Crippen LogP contribution in [0, 0.1) is 5.82 Å². The lowest BCUT2D eigenvalue weighted by Crippen LogP contribution is -2.31. The van der Waals surface area contributed by atoms with Crippen LogP contribution in [-0.2, 0) is 10.0 Å². The molecule has 0 saturated carbocycles. The van der Waals surface area contributed by atoms with Crippen LogP contribution in [0.5, 0.6) is 0 Å². The molecule has 134 valence electrons. The molecule has 0 bridgehead atoms. The minimum atomic E-state index is -4.01. The average molecular weight is 430 g/mol. The first-order valence-electron chi connectivity index (χ1n) is 7.52. The maximum Gasteiger partial charge on any atom is 0.256 e. The van der Waals surface area contributed by atoms with E-state index in [2.05, 4.69) is 26.2 Å². The predicted molar refractivity (Wildman–Crippen MR) is 96.4 cm³/mol. The number of hydrogen-bond acceptors (Lipinski definition) is 4. The smallest absolute Gasteiger partial charge is 0.256 e. The highest BCUT2D eigenvalue weighted by Gasteiger charge is 2.26. The molecule has 0 radical (unpaired) electrons. The number of halogens is 2. The van der Waals surface area contributed by atoms with E-state index in [9.17, 15) is 17.6 Å². The van der Waals surface area contributed by atoms with Crippen molar-refractivity contribution in [1.82, 2.24) is 9.29 Å². The van der Waals surface area contributed by atoms with E-state index in [-0.39, 0.29) is 18.7 Å². The van der Waals surface area contributed by atoms with Crippen LogP contribution in [0.4, 0.5) is 10.2 Å². The molecule has 0 aliphatic rings. The van der Waals surface area contributed by atoms with E-state index >= 15 is 0 Å². The summed E-state index contributed by atoms with van der Waals surface area (Å²) < 4.78 is 41.0. The van der Waals surface area contributed by atoms with E-state index in [4.69, 9.17) is 0 Å². The highest BCUT2D eigenvalue weighted by molar-refractivity contribution is 9.10. The van der Waals surface area contributed by atoms with Crippen molar-refractivity contribution in [3.63, 3.8) is 0 Å². The molecule has 6 nitrogen and oxygen atoms in total. The molecule has 0 spiro atoms. The molecule has 1 amide bonds. The third-order valence-electron chi connectivity index (χ3n) is 3.49. The Balaban J connectivity index is 2.35. The molecular weight excluding hydrogens is 413 g/mol. The summed E-state index contributed by atoms with van der Waals surface area (Å²) in [6, 6.07) is 6.52. The van der Waals surface area contributed by atoms with Crippen molar-refractivity contribution in [1.29, 1.82) is 0 Å². The first kappa shape index (κ1) is 19.5. The van der Waals surface area contributed by atoms with Gasteiger partial charge in [-0.3, -0.25) is 4.79 Å². The van der Waals surface area contributed by atoms with Gasteiger partial charge in [-0.15, -0.1) is 0 Å². The average Bonchev–Trinajstić information content (AvgIpc) is 2.58. The Bertz CT molecular complexity index is 869. The molecule has 0 saturated heterocycles. The van der Waals surface area contributed by atoms with E-state index in [1.54, 1.807) is 26.0 Å². The molecule has 25 heavy (non-hydrogen) atoms. The van der Waals surface area contributed by atoms with Gasteiger partial charge in [0.1, 0.15) is 16.5 Å². The molecule has 1 aromatic heterocycles. The van der Waals surface area contributed by atoms with Crippen LogP contribution in [0.25, 0.3) is 0 Å². The number of rotatable bonds is 6. The fourth-order valence-corrected chi connectivity index (χ4v) is 3.97. The van der Waals surface area contributed by atoms with Gasteiger partial charge in [0.05, 0.1) is 0 Å². The predicted octanol–water partition coefficient (Wildman–Crippen LogP) is 3.27. The molecule has 2 aromatic rings. The normalized spacial score (nSPS) is 11.6. The second-order valence-corrected chi connectivity index (χ2v) is 7.87. The zero-order valence-corrected chi connectivity index (χ0v) is 16.1. The number of hydrogen-bond donors (Lipinski definition) is 1. The maximum atomic E-state index is 14.1. The molecule has 9 heteroatoms. The van der Waals surface area contributed by atoms with E-state index in [0.717, 1.165) is 20.9 Å². The van der Waals surface area contributed by atoms with Gasteiger partial charge >= 0.3 is 0 Å².